The number of alkyl halides is 2. The molecule has 1 aromatic carbocycles. The number of ether oxygens (including phenoxy) is 1. The molecule has 0 unspecified atom stereocenters. The molecule has 1 fully saturated rings. The van der Waals surface area contributed by atoms with Gasteiger partial charge in [-0.05, 0) is 29.8 Å². The summed E-state index contributed by atoms with van der Waals surface area (Å²) in [4.78, 5) is 46.3. The third kappa shape index (κ3) is 4.15. The van der Waals surface area contributed by atoms with E-state index >= 15 is 4.39 Å². The van der Waals surface area contributed by atoms with Crippen molar-refractivity contribution in [3.05, 3.63) is 71.6 Å². The molecule has 0 bridgehead atoms. The summed E-state index contributed by atoms with van der Waals surface area (Å²) in [5, 5.41) is 2.76. The molecule has 0 atom stereocenters. The van der Waals surface area contributed by atoms with Crippen LogP contribution in [-0.2, 0) is 27.4 Å². The van der Waals surface area contributed by atoms with Crippen LogP contribution in [0, 0.1) is 5.82 Å². The number of pyridine rings is 1. The van der Waals surface area contributed by atoms with E-state index in [-0.39, 0.29) is 43.9 Å². The molecule has 41 heavy (non-hydrogen) atoms. The number of carbonyl (C=O) groups excluding carboxylic acids is 3. The molecule has 0 saturated carbocycles. The molecule has 0 radical (unpaired) electrons. The lowest BCUT2D eigenvalue weighted by Crippen LogP contribution is -2.48. The normalized spacial score (nSPS) is 19.2. The molecule has 13 heteroatoms. The molecule has 3 aliphatic heterocycles. The van der Waals surface area contributed by atoms with Crippen LogP contribution < -0.4 is 5.32 Å². The molecule has 10 nitrogen and oxygen atoms in total. The van der Waals surface area contributed by atoms with Crippen LogP contribution in [0.1, 0.15) is 16.8 Å². The third-order valence-electron chi connectivity index (χ3n) is 7.64. The molecule has 1 saturated heterocycles. The Kier molecular flexibility index (Phi) is 5.68. The number of rotatable bonds is 2. The second-order valence-corrected chi connectivity index (χ2v) is 10.3. The van der Waals surface area contributed by atoms with Crippen molar-refractivity contribution in [2.45, 2.75) is 19.0 Å². The molecule has 3 aliphatic rings. The fraction of sp³-hybridized carbons (Fsp3) is 0.286. The Labute approximate surface area is 230 Å². The van der Waals surface area contributed by atoms with Crippen LogP contribution in [0.5, 0.6) is 0 Å². The summed E-state index contributed by atoms with van der Waals surface area (Å²) < 4.78 is 51.8. The highest BCUT2D eigenvalue weighted by molar-refractivity contribution is 6.49. The summed E-state index contributed by atoms with van der Waals surface area (Å²) in [5.41, 5.74) is 2.64. The summed E-state index contributed by atoms with van der Waals surface area (Å²) >= 11 is 0. The highest BCUT2D eigenvalue weighted by Crippen LogP contribution is 2.38. The lowest BCUT2D eigenvalue weighted by atomic mass is 9.98. The van der Waals surface area contributed by atoms with E-state index in [0.717, 1.165) is 4.90 Å². The van der Waals surface area contributed by atoms with Crippen LogP contribution >= 0.6 is 0 Å². The molecule has 6 heterocycles. The number of hydrogen-bond donors (Lipinski definition) is 1. The standard InChI is InChI=1S/C28H23F3N6O4/c29-17-9-16-12-35(27(40)36-7-8-41-15-28(30,31)14-36)6-5-34-13-19(18(10-17)24(16)34)22-23(26(39)33-25(22)38)20-11-32-21-3-1-2-4-37(20)21/h1-4,9-11,13H,5-8,12,14-15H2,(H,33,38,39). The maximum absolute atomic E-state index is 15.1. The first-order valence-electron chi connectivity index (χ1n) is 13.0. The fourth-order valence-corrected chi connectivity index (χ4v) is 5.90. The quantitative estimate of drug-likeness (QED) is 0.378. The van der Waals surface area contributed by atoms with E-state index in [1.165, 1.54) is 23.2 Å². The molecular weight excluding hydrogens is 541 g/mol. The monoisotopic (exact) mass is 564 g/mol. The lowest BCUT2D eigenvalue weighted by molar-refractivity contribution is -0.122. The first kappa shape index (κ1) is 25.3. The molecule has 210 valence electrons. The number of imidazole rings is 1. The minimum atomic E-state index is -3.17. The van der Waals surface area contributed by atoms with Crippen molar-refractivity contribution < 1.29 is 32.3 Å². The number of nitrogens with one attached hydrogen (secondary N) is 1. The molecular formula is C28H23F3N6O4. The SMILES string of the molecule is O=C1NC(=O)C(c2cnc3ccccn23)=C1c1cn2c3c(cc(F)cc13)CN(C(=O)N1CCOCC(F)(F)C1)CC2. The van der Waals surface area contributed by atoms with Gasteiger partial charge in [-0.3, -0.25) is 19.3 Å². The summed E-state index contributed by atoms with van der Waals surface area (Å²) in [6.45, 7) is -1.11. The summed E-state index contributed by atoms with van der Waals surface area (Å²) in [6.07, 6.45) is 4.92. The lowest BCUT2D eigenvalue weighted by Gasteiger charge is -2.30. The van der Waals surface area contributed by atoms with Crippen LogP contribution in [0.3, 0.4) is 0 Å². The van der Waals surface area contributed by atoms with Gasteiger partial charge in [0, 0.05) is 49.5 Å². The third-order valence-corrected chi connectivity index (χ3v) is 7.64. The zero-order valence-electron chi connectivity index (χ0n) is 21.6. The van der Waals surface area contributed by atoms with Crippen molar-refractivity contribution in [1.29, 1.82) is 0 Å². The van der Waals surface area contributed by atoms with Crippen LogP contribution in [0.2, 0.25) is 0 Å². The Bertz CT molecular complexity index is 1810. The summed E-state index contributed by atoms with van der Waals surface area (Å²) in [5.74, 6) is -4.97. The number of aromatic nitrogens is 3. The van der Waals surface area contributed by atoms with Gasteiger partial charge in [0.05, 0.1) is 41.7 Å². The van der Waals surface area contributed by atoms with Gasteiger partial charge in [-0.25, -0.2) is 22.9 Å². The van der Waals surface area contributed by atoms with Gasteiger partial charge in [-0.1, -0.05) is 6.07 Å². The van der Waals surface area contributed by atoms with E-state index in [1.54, 1.807) is 35.0 Å². The van der Waals surface area contributed by atoms with Gasteiger partial charge in [-0.2, -0.15) is 0 Å². The van der Waals surface area contributed by atoms with Crippen LogP contribution in [0.4, 0.5) is 18.0 Å². The van der Waals surface area contributed by atoms with Crippen LogP contribution in [0.25, 0.3) is 27.7 Å². The Morgan fingerprint density at radius 1 is 1.05 bits per heavy atom. The zero-order valence-corrected chi connectivity index (χ0v) is 21.6. The van der Waals surface area contributed by atoms with E-state index in [2.05, 4.69) is 10.3 Å². The average molecular weight is 565 g/mol. The van der Waals surface area contributed by atoms with Crippen molar-refractivity contribution in [3.8, 4) is 0 Å². The Morgan fingerprint density at radius 2 is 1.88 bits per heavy atom. The van der Waals surface area contributed by atoms with E-state index in [1.807, 2.05) is 4.57 Å². The molecule has 4 aromatic rings. The van der Waals surface area contributed by atoms with Gasteiger partial charge in [-0.15, -0.1) is 0 Å². The van der Waals surface area contributed by atoms with Gasteiger partial charge in [0.1, 0.15) is 18.1 Å². The van der Waals surface area contributed by atoms with Gasteiger partial charge >= 0.3 is 6.03 Å². The van der Waals surface area contributed by atoms with Gasteiger partial charge in [0.25, 0.3) is 17.7 Å². The Balaban J connectivity index is 1.32. The van der Waals surface area contributed by atoms with Crippen molar-refractivity contribution in [1.82, 2.24) is 29.1 Å². The van der Waals surface area contributed by atoms with Crippen molar-refractivity contribution in [2.24, 2.45) is 0 Å². The first-order chi connectivity index (χ1) is 19.7. The van der Waals surface area contributed by atoms with Gasteiger partial charge < -0.3 is 19.1 Å². The smallest absolute Gasteiger partial charge is 0.320 e. The van der Waals surface area contributed by atoms with E-state index < -0.39 is 42.7 Å². The molecule has 0 aliphatic carbocycles. The number of carbonyl (C=O) groups is 3. The molecule has 0 spiro atoms. The van der Waals surface area contributed by atoms with E-state index in [0.29, 0.717) is 33.4 Å². The van der Waals surface area contributed by atoms with Crippen molar-refractivity contribution >= 4 is 45.5 Å². The second kappa shape index (κ2) is 9.20. The van der Waals surface area contributed by atoms with Crippen molar-refractivity contribution in [2.75, 3.05) is 32.8 Å². The predicted molar refractivity (Wildman–Crippen MR) is 140 cm³/mol. The maximum atomic E-state index is 15.1. The number of fused-ring (bicyclic) bond motifs is 1. The molecule has 7 rings (SSSR count). The Hall–Kier alpha value is -4.65. The molecule has 3 aromatic heterocycles. The van der Waals surface area contributed by atoms with Gasteiger partial charge in [0.2, 0.25) is 0 Å². The van der Waals surface area contributed by atoms with Crippen LogP contribution in [-0.4, -0.2) is 80.4 Å². The van der Waals surface area contributed by atoms with E-state index in [4.69, 9.17) is 4.74 Å². The summed E-state index contributed by atoms with van der Waals surface area (Å²) in [7, 11) is 0. The Morgan fingerprint density at radius 3 is 2.73 bits per heavy atom. The fourth-order valence-electron chi connectivity index (χ4n) is 5.90. The van der Waals surface area contributed by atoms with Gasteiger partial charge in [0.15, 0.2) is 0 Å². The zero-order chi connectivity index (χ0) is 28.5. The number of halogens is 3. The summed E-state index contributed by atoms with van der Waals surface area (Å²) in [6, 6.07) is 7.36. The predicted octanol–water partition coefficient (Wildman–Crippen LogP) is 2.90. The van der Waals surface area contributed by atoms with E-state index in [9.17, 15) is 23.2 Å². The molecule has 1 N–H and O–H groups in total. The molecule has 4 amide bonds. The second-order valence-electron chi connectivity index (χ2n) is 10.3. The topological polar surface area (TPSA) is 101 Å². The number of hydrogen-bond acceptors (Lipinski definition) is 5. The minimum Gasteiger partial charge on any atom is -0.373 e. The van der Waals surface area contributed by atoms with Crippen molar-refractivity contribution in [3.63, 3.8) is 0 Å². The maximum Gasteiger partial charge on any atom is 0.320 e. The largest absolute Gasteiger partial charge is 0.373 e. The highest BCUT2D eigenvalue weighted by atomic mass is 19.3. The minimum absolute atomic E-state index is 0.00649. The number of amides is 4. The highest BCUT2D eigenvalue weighted by Gasteiger charge is 2.39. The number of benzene rings is 1. The average Bonchev–Trinajstić information content (AvgIpc) is 3.50. The van der Waals surface area contributed by atoms with Crippen LogP contribution in [0.15, 0.2) is 48.9 Å². The number of imide groups is 1. The number of nitrogens with zero attached hydrogens (tertiary/aromatic N) is 5. The first-order valence-corrected chi connectivity index (χ1v) is 13.0. The number of urea groups is 1.